The molecule has 4 nitrogen and oxygen atoms in total. The van der Waals surface area contributed by atoms with E-state index in [1.165, 1.54) is 16.2 Å². The number of thiophene rings is 1. The molecule has 0 saturated heterocycles. The Kier molecular flexibility index (Phi) is 5.83. The number of rotatable bonds is 4. The quantitative estimate of drug-likeness (QED) is 0.482. The molecule has 0 fully saturated rings. The fourth-order valence-corrected chi connectivity index (χ4v) is 5.24. The van der Waals surface area contributed by atoms with Crippen LogP contribution in [0, 0.1) is 5.92 Å². The first-order valence-corrected chi connectivity index (χ1v) is 11.2. The van der Waals surface area contributed by atoms with Crippen molar-refractivity contribution in [3.05, 3.63) is 80.6 Å². The Hall–Kier alpha value is -2.44. The van der Waals surface area contributed by atoms with E-state index in [0.717, 1.165) is 35.0 Å². The molecule has 1 heterocycles. The van der Waals surface area contributed by atoms with Crippen molar-refractivity contribution in [3.63, 3.8) is 0 Å². The van der Waals surface area contributed by atoms with Crippen molar-refractivity contribution >= 4 is 49.8 Å². The van der Waals surface area contributed by atoms with Crippen LogP contribution >= 0.6 is 27.3 Å². The van der Waals surface area contributed by atoms with Gasteiger partial charge in [0.15, 0.2) is 0 Å². The second-order valence-electron chi connectivity index (χ2n) is 7.34. The van der Waals surface area contributed by atoms with Crippen LogP contribution in [0.15, 0.2) is 59.1 Å². The van der Waals surface area contributed by atoms with Crippen LogP contribution in [-0.4, -0.2) is 11.8 Å². The molecule has 0 aliphatic heterocycles. The summed E-state index contributed by atoms with van der Waals surface area (Å²) in [4.78, 5) is 27.1. The first-order valence-electron chi connectivity index (χ1n) is 9.59. The Morgan fingerprint density at radius 3 is 2.45 bits per heavy atom. The summed E-state index contributed by atoms with van der Waals surface area (Å²) < 4.78 is 0.914. The van der Waals surface area contributed by atoms with Crippen LogP contribution in [0.1, 0.15) is 44.5 Å². The zero-order valence-electron chi connectivity index (χ0n) is 16.0. The van der Waals surface area contributed by atoms with E-state index < -0.39 is 0 Å². The number of para-hydroxylation sites is 1. The molecular weight excluding hydrogens is 448 g/mol. The van der Waals surface area contributed by atoms with Crippen molar-refractivity contribution in [2.45, 2.75) is 26.2 Å². The number of carbonyl (C=O) groups is 2. The minimum atomic E-state index is -0.210. The molecule has 0 saturated carbocycles. The fraction of sp³-hybridized carbons (Fsp3) is 0.217. The molecule has 1 aliphatic carbocycles. The number of hydrogen-bond donors (Lipinski definition) is 2. The summed E-state index contributed by atoms with van der Waals surface area (Å²) >= 11 is 4.91. The molecule has 29 heavy (non-hydrogen) atoms. The minimum absolute atomic E-state index is 0.172. The number of amides is 2. The molecule has 1 atom stereocenters. The molecule has 2 amide bonds. The molecule has 0 bridgehead atoms. The van der Waals surface area contributed by atoms with Gasteiger partial charge in [-0.25, -0.2) is 0 Å². The Morgan fingerprint density at radius 1 is 1.00 bits per heavy atom. The fourth-order valence-electron chi connectivity index (χ4n) is 3.57. The van der Waals surface area contributed by atoms with E-state index in [4.69, 9.17) is 0 Å². The van der Waals surface area contributed by atoms with Crippen molar-refractivity contribution in [2.24, 2.45) is 5.92 Å². The molecule has 1 unspecified atom stereocenters. The maximum absolute atomic E-state index is 13.2. The molecule has 148 valence electrons. The zero-order valence-corrected chi connectivity index (χ0v) is 18.4. The van der Waals surface area contributed by atoms with Crippen molar-refractivity contribution < 1.29 is 9.59 Å². The Labute approximate surface area is 182 Å². The van der Waals surface area contributed by atoms with Gasteiger partial charge in [0.1, 0.15) is 5.00 Å². The highest BCUT2D eigenvalue weighted by Gasteiger charge is 2.28. The Balaban J connectivity index is 1.66. The smallest absolute Gasteiger partial charge is 0.258 e. The van der Waals surface area contributed by atoms with Crippen molar-refractivity contribution in [1.29, 1.82) is 0 Å². The lowest BCUT2D eigenvalue weighted by molar-refractivity contribution is 0.102. The highest BCUT2D eigenvalue weighted by molar-refractivity contribution is 9.10. The molecule has 2 aromatic carbocycles. The number of anilines is 2. The molecule has 1 aliphatic rings. The number of carbonyl (C=O) groups excluding carboxylic acids is 2. The summed E-state index contributed by atoms with van der Waals surface area (Å²) in [6.07, 6.45) is 2.86. The van der Waals surface area contributed by atoms with Gasteiger partial charge in [0.25, 0.3) is 11.8 Å². The zero-order chi connectivity index (χ0) is 20.4. The number of hydrogen-bond acceptors (Lipinski definition) is 3. The molecule has 2 N–H and O–H groups in total. The third kappa shape index (κ3) is 4.43. The largest absolute Gasteiger partial charge is 0.322 e. The average Bonchev–Trinajstić information content (AvgIpc) is 3.06. The Morgan fingerprint density at radius 2 is 1.72 bits per heavy atom. The molecule has 3 aromatic rings. The number of halogens is 1. The van der Waals surface area contributed by atoms with E-state index in [1.54, 1.807) is 12.1 Å². The average molecular weight is 469 g/mol. The van der Waals surface area contributed by atoms with Crippen LogP contribution in [0.4, 0.5) is 10.7 Å². The third-order valence-electron chi connectivity index (χ3n) is 5.10. The molecule has 6 heteroatoms. The van der Waals surface area contributed by atoms with E-state index in [-0.39, 0.29) is 11.8 Å². The van der Waals surface area contributed by atoms with Crippen LogP contribution in [0.25, 0.3) is 0 Å². The van der Waals surface area contributed by atoms with Gasteiger partial charge in [-0.15, -0.1) is 11.3 Å². The highest BCUT2D eigenvalue weighted by Crippen LogP contribution is 2.40. The van der Waals surface area contributed by atoms with Gasteiger partial charge < -0.3 is 10.6 Å². The van der Waals surface area contributed by atoms with Crippen LogP contribution < -0.4 is 10.6 Å². The van der Waals surface area contributed by atoms with Crippen LogP contribution in [0.5, 0.6) is 0 Å². The summed E-state index contributed by atoms with van der Waals surface area (Å²) in [7, 11) is 0. The maximum Gasteiger partial charge on any atom is 0.258 e. The second kappa shape index (κ2) is 8.51. The Bertz CT molecular complexity index is 1040. The lowest BCUT2D eigenvalue weighted by Crippen LogP contribution is -2.19. The summed E-state index contributed by atoms with van der Waals surface area (Å²) in [5.41, 5.74) is 2.98. The second-order valence-corrected chi connectivity index (χ2v) is 9.36. The van der Waals surface area contributed by atoms with Crippen molar-refractivity contribution in [2.75, 3.05) is 10.6 Å². The molecular formula is C23H21BrN2O2S. The van der Waals surface area contributed by atoms with Gasteiger partial charge in [0, 0.05) is 20.6 Å². The number of nitrogens with one attached hydrogen (secondary N) is 2. The van der Waals surface area contributed by atoms with Crippen LogP contribution in [-0.2, 0) is 12.8 Å². The predicted octanol–water partition coefficient (Wildman–Crippen LogP) is 6.14. The summed E-state index contributed by atoms with van der Waals surface area (Å²) in [6, 6.07) is 16.6. The summed E-state index contributed by atoms with van der Waals surface area (Å²) in [5, 5.41) is 6.60. The highest BCUT2D eigenvalue weighted by atomic mass is 79.9. The topological polar surface area (TPSA) is 58.2 Å². The van der Waals surface area contributed by atoms with E-state index in [9.17, 15) is 9.59 Å². The molecule has 0 radical (unpaired) electrons. The van der Waals surface area contributed by atoms with Gasteiger partial charge in [-0.2, -0.15) is 0 Å². The van der Waals surface area contributed by atoms with Crippen molar-refractivity contribution in [3.8, 4) is 0 Å². The van der Waals surface area contributed by atoms with Gasteiger partial charge in [0.05, 0.1) is 5.56 Å². The van der Waals surface area contributed by atoms with E-state index in [1.807, 2.05) is 42.5 Å². The van der Waals surface area contributed by atoms with Gasteiger partial charge in [-0.05, 0) is 67.1 Å². The van der Waals surface area contributed by atoms with E-state index in [2.05, 4.69) is 33.5 Å². The van der Waals surface area contributed by atoms with Crippen LogP contribution in [0.2, 0.25) is 0 Å². The number of benzene rings is 2. The van der Waals surface area contributed by atoms with E-state index in [0.29, 0.717) is 22.0 Å². The molecule has 4 rings (SSSR count). The molecule has 0 spiro atoms. The summed E-state index contributed by atoms with van der Waals surface area (Å²) in [6.45, 7) is 2.23. The van der Waals surface area contributed by atoms with Crippen molar-refractivity contribution in [1.82, 2.24) is 0 Å². The van der Waals surface area contributed by atoms with Crippen LogP contribution in [0.3, 0.4) is 0 Å². The number of fused-ring (bicyclic) bond motifs is 1. The normalized spacial score (nSPS) is 15.4. The first kappa shape index (κ1) is 19.9. The van der Waals surface area contributed by atoms with E-state index >= 15 is 0 Å². The van der Waals surface area contributed by atoms with Gasteiger partial charge >= 0.3 is 0 Å². The first-order chi connectivity index (χ1) is 14.0. The predicted molar refractivity (Wildman–Crippen MR) is 122 cm³/mol. The lowest BCUT2D eigenvalue weighted by atomic mass is 9.88. The lowest BCUT2D eigenvalue weighted by Gasteiger charge is -2.18. The minimum Gasteiger partial charge on any atom is -0.322 e. The monoisotopic (exact) mass is 468 g/mol. The van der Waals surface area contributed by atoms with Gasteiger partial charge in [0.2, 0.25) is 0 Å². The SMILES string of the molecule is CC1CCc2c(sc(NC(=O)c3ccc(Br)cc3)c2C(=O)Nc2ccccc2)C1. The van der Waals surface area contributed by atoms with Gasteiger partial charge in [-0.3, -0.25) is 9.59 Å². The molecule has 1 aromatic heterocycles. The maximum atomic E-state index is 13.2. The standard InChI is InChI=1S/C23H21BrN2O2S/c1-14-7-12-18-19(13-14)29-23(26-21(27)15-8-10-16(24)11-9-15)20(18)22(28)25-17-5-3-2-4-6-17/h2-6,8-11,14H,7,12-13H2,1H3,(H,25,28)(H,26,27). The van der Waals surface area contributed by atoms with Gasteiger partial charge in [-0.1, -0.05) is 41.1 Å². The third-order valence-corrected chi connectivity index (χ3v) is 6.80. The summed E-state index contributed by atoms with van der Waals surface area (Å²) in [5.74, 6) is 0.202.